The van der Waals surface area contributed by atoms with Crippen LogP contribution in [0.3, 0.4) is 0 Å². The predicted octanol–water partition coefficient (Wildman–Crippen LogP) is 5.23. The van der Waals surface area contributed by atoms with Crippen molar-refractivity contribution in [3.8, 4) is 11.1 Å². The van der Waals surface area contributed by atoms with Gasteiger partial charge in [-0.1, -0.05) is 114 Å². The van der Waals surface area contributed by atoms with Crippen molar-refractivity contribution < 1.29 is 0 Å². The molecule has 0 saturated carbocycles. The molecular weight excluding hydrogens is 374 g/mol. The van der Waals surface area contributed by atoms with Crippen molar-refractivity contribution in [2.75, 3.05) is 0 Å². The van der Waals surface area contributed by atoms with Crippen molar-refractivity contribution in [2.24, 2.45) is 0 Å². The normalized spacial score (nSPS) is 11.6. The Labute approximate surface area is 171 Å². The van der Waals surface area contributed by atoms with E-state index in [2.05, 4.69) is 111 Å². The summed E-state index contributed by atoms with van der Waals surface area (Å²) in [6, 6.07) is 35.1. The van der Waals surface area contributed by atoms with E-state index in [0.717, 1.165) is 0 Å². The molecular formula is C26H24P2. The first kappa shape index (κ1) is 19.1. The lowest BCUT2D eigenvalue weighted by atomic mass is 9.96. The highest BCUT2D eigenvalue weighted by Crippen LogP contribution is 2.31. The van der Waals surface area contributed by atoms with E-state index in [1.54, 1.807) is 0 Å². The Morgan fingerprint density at radius 3 is 1.21 bits per heavy atom. The second kappa shape index (κ2) is 8.83. The SMILES string of the molecule is Cc1cccc(Pc2ccccc2)c1-c1c(C)cccc1Pc1ccccc1. The Bertz CT molecular complexity index is 981. The third kappa shape index (κ3) is 4.25. The summed E-state index contributed by atoms with van der Waals surface area (Å²) in [5.74, 6) is 0. The van der Waals surface area contributed by atoms with Crippen LogP contribution in [0.5, 0.6) is 0 Å². The van der Waals surface area contributed by atoms with E-state index in [-0.39, 0.29) is 0 Å². The highest BCUT2D eigenvalue weighted by Gasteiger charge is 2.15. The zero-order chi connectivity index (χ0) is 19.3. The minimum atomic E-state index is 0.661. The van der Waals surface area contributed by atoms with Gasteiger partial charge >= 0.3 is 0 Å². The Morgan fingerprint density at radius 1 is 0.429 bits per heavy atom. The van der Waals surface area contributed by atoms with Crippen LogP contribution < -0.4 is 21.2 Å². The van der Waals surface area contributed by atoms with Gasteiger partial charge in [-0.2, -0.15) is 0 Å². The molecule has 2 atom stereocenters. The third-order valence-corrected chi connectivity index (χ3v) is 7.52. The summed E-state index contributed by atoms with van der Waals surface area (Å²) >= 11 is 0. The van der Waals surface area contributed by atoms with Gasteiger partial charge in [-0.25, -0.2) is 0 Å². The maximum atomic E-state index is 2.30. The van der Waals surface area contributed by atoms with Gasteiger partial charge in [-0.15, -0.1) is 0 Å². The van der Waals surface area contributed by atoms with Crippen molar-refractivity contribution in [3.05, 3.63) is 108 Å². The van der Waals surface area contributed by atoms with Crippen LogP contribution in [0.4, 0.5) is 0 Å². The molecule has 0 N–H and O–H groups in total. The maximum absolute atomic E-state index is 2.30. The van der Waals surface area contributed by atoms with Crippen LogP contribution in [0.25, 0.3) is 11.1 Å². The molecule has 0 spiro atoms. The molecule has 0 heterocycles. The summed E-state index contributed by atoms with van der Waals surface area (Å²) in [7, 11) is 1.32. The fourth-order valence-electron chi connectivity index (χ4n) is 3.56. The number of benzene rings is 4. The predicted molar refractivity (Wildman–Crippen MR) is 129 cm³/mol. The molecule has 0 aliphatic rings. The standard InChI is InChI=1S/C26H24P2/c1-19-11-9-17-23(27-21-13-5-3-6-14-21)25(19)26-20(2)12-10-18-24(26)28-22-15-7-4-8-16-22/h3-18,27-28H,1-2H3. The molecule has 0 saturated heterocycles. The molecule has 2 heteroatoms. The monoisotopic (exact) mass is 398 g/mol. The smallest absolute Gasteiger partial charge is 0.00679 e. The fourth-order valence-corrected chi connectivity index (χ4v) is 6.16. The van der Waals surface area contributed by atoms with Crippen molar-refractivity contribution in [1.29, 1.82) is 0 Å². The molecule has 2 unspecified atom stereocenters. The van der Waals surface area contributed by atoms with E-state index in [1.165, 1.54) is 43.5 Å². The van der Waals surface area contributed by atoms with Gasteiger partial charge in [0.2, 0.25) is 0 Å². The minimum absolute atomic E-state index is 0.661. The van der Waals surface area contributed by atoms with Crippen LogP contribution in [0.1, 0.15) is 11.1 Å². The quantitative estimate of drug-likeness (QED) is 0.404. The van der Waals surface area contributed by atoms with Crippen LogP contribution in [-0.4, -0.2) is 0 Å². The first-order valence-corrected chi connectivity index (χ1v) is 11.6. The Balaban J connectivity index is 1.83. The molecule has 0 bridgehead atoms. The van der Waals surface area contributed by atoms with Crippen molar-refractivity contribution in [1.82, 2.24) is 0 Å². The van der Waals surface area contributed by atoms with E-state index >= 15 is 0 Å². The molecule has 138 valence electrons. The maximum Gasteiger partial charge on any atom is -0.00679 e. The molecule has 0 radical (unpaired) electrons. The fraction of sp³-hybridized carbons (Fsp3) is 0.0769. The third-order valence-electron chi connectivity index (χ3n) is 4.90. The number of hydrogen-bond donors (Lipinski definition) is 0. The van der Waals surface area contributed by atoms with Crippen LogP contribution >= 0.6 is 17.2 Å². The van der Waals surface area contributed by atoms with E-state index in [4.69, 9.17) is 0 Å². The van der Waals surface area contributed by atoms with E-state index in [9.17, 15) is 0 Å². The molecule has 0 amide bonds. The summed E-state index contributed by atoms with van der Waals surface area (Å²) in [6.45, 7) is 4.49. The molecule has 28 heavy (non-hydrogen) atoms. The number of rotatable bonds is 5. The summed E-state index contributed by atoms with van der Waals surface area (Å²) < 4.78 is 0. The molecule has 0 aliphatic heterocycles. The summed E-state index contributed by atoms with van der Waals surface area (Å²) in [6.07, 6.45) is 0. The van der Waals surface area contributed by atoms with Gasteiger partial charge < -0.3 is 0 Å². The van der Waals surface area contributed by atoms with Crippen molar-refractivity contribution >= 4 is 38.4 Å². The lowest BCUT2D eigenvalue weighted by Crippen LogP contribution is -2.14. The van der Waals surface area contributed by atoms with Crippen LogP contribution in [0.2, 0.25) is 0 Å². The molecule has 0 nitrogen and oxygen atoms in total. The zero-order valence-electron chi connectivity index (χ0n) is 16.2. The average Bonchev–Trinajstić information content (AvgIpc) is 2.71. The first-order chi connectivity index (χ1) is 13.7. The summed E-state index contributed by atoms with van der Waals surface area (Å²) in [4.78, 5) is 0. The minimum Gasteiger partial charge on any atom is -0.0622 e. The lowest BCUT2D eigenvalue weighted by molar-refractivity contribution is 1.44. The molecule has 4 aromatic rings. The van der Waals surface area contributed by atoms with Gasteiger partial charge in [0.05, 0.1) is 0 Å². The second-order valence-electron chi connectivity index (χ2n) is 6.98. The second-order valence-corrected chi connectivity index (χ2v) is 9.71. The lowest BCUT2D eigenvalue weighted by Gasteiger charge is -2.19. The van der Waals surface area contributed by atoms with Gasteiger partial charge in [-0.3, -0.25) is 0 Å². The Hall–Kier alpha value is -2.26. The molecule has 0 aliphatic carbocycles. The van der Waals surface area contributed by atoms with E-state index < -0.39 is 0 Å². The molecule has 0 aromatic heterocycles. The Morgan fingerprint density at radius 2 is 0.821 bits per heavy atom. The van der Waals surface area contributed by atoms with Gasteiger partial charge in [0.1, 0.15) is 0 Å². The first-order valence-electron chi connectivity index (χ1n) is 9.56. The highest BCUT2D eigenvalue weighted by atomic mass is 31.1. The van der Waals surface area contributed by atoms with Gasteiger partial charge in [0.25, 0.3) is 0 Å². The van der Waals surface area contributed by atoms with Gasteiger partial charge in [0, 0.05) is 0 Å². The number of hydrogen-bond acceptors (Lipinski definition) is 0. The van der Waals surface area contributed by atoms with Crippen LogP contribution in [-0.2, 0) is 0 Å². The molecule has 4 rings (SSSR count). The van der Waals surface area contributed by atoms with E-state index in [1.807, 2.05) is 0 Å². The highest BCUT2D eigenvalue weighted by molar-refractivity contribution is 7.56. The Kier molecular flexibility index (Phi) is 6.01. The van der Waals surface area contributed by atoms with Gasteiger partial charge in [0.15, 0.2) is 0 Å². The van der Waals surface area contributed by atoms with Crippen LogP contribution in [0, 0.1) is 13.8 Å². The summed E-state index contributed by atoms with van der Waals surface area (Å²) in [5.41, 5.74) is 5.55. The zero-order valence-corrected chi connectivity index (χ0v) is 18.2. The largest absolute Gasteiger partial charge is 0.0622 e. The summed E-state index contributed by atoms with van der Waals surface area (Å²) in [5, 5.41) is 5.63. The average molecular weight is 398 g/mol. The number of aryl methyl sites for hydroxylation is 2. The van der Waals surface area contributed by atoms with Crippen molar-refractivity contribution in [2.45, 2.75) is 13.8 Å². The molecule has 0 fully saturated rings. The van der Waals surface area contributed by atoms with Crippen molar-refractivity contribution in [3.63, 3.8) is 0 Å². The van der Waals surface area contributed by atoms with Crippen LogP contribution in [0.15, 0.2) is 97.1 Å². The topological polar surface area (TPSA) is 0 Å². The van der Waals surface area contributed by atoms with E-state index in [0.29, 0.717) is 17.2 Å². The molecule has 4 aromatic carbocycles. The van der Waals surface area contributed by atoms with Gasteiger partial charge in [-0.05, 0) is 57.3 Å².